The van der Waals surface area contributed by atoms with Gasteiger partial charge in [-0.2, -0.15) is 13.9 Å². The third-order valence-electron chi connectivity index (χ3n) is 2.66. The number of hydrogen-bond donors (Lipinski definition) is 1. The number of rotatable bonds is 5. The van der Waals surface area contributed by atoms with Crippen molar-refractivity contribution in [3.8, 4) is 0 Å². The molecule has 1 aromatic heterocycles. The summed E-state index contributed by atoms with van der Waals surface area (Å²) in [6, 6.07) is 7.32. The maximum atomic E-state index is 12.6. The summed E-state index contributed by atoms with van der Waals surface area (Å²) in [5.74, 6) is -3.44. The van der Waals surface area contributed by atoms with Gasteiger partial charge in [-0.05, 0) is 18.2 Å². The third-order valence-corrected chi connectivity index (χ3v) is 4.10. The molecular formula is C12H13F2N3O2S. The van der Waals surface area contributed by atoms with E-state index in [9.17, 15) is 17.2 Å². The maximum Gasteiger partial charge on any atom is 0.341 e. The minimum absolute atomic E-state index is 0.137. The number of alkyl halides is 2. The van der Waals surface area contributed by atoms with Gasteiger partial charge in [0.05, 0.1) is 22.8 Å². The van der Waals surface area contributed by atoms with Crippen molar-refractivity contribution in [3.63, 3.8) is 0 Å². The van der Waals surface area contributed by atoms with Crippen LogP contribution < -0.4 is 5.32 Å². The van der Waals surface area contributed by atoms with E-state index in [2.05, 4.69) is 10.4 Å². The first kappa shape index (κ1) is 14.4. The zero-order valence-electron chi connectivity index (χ0n) is 10.6. The Morgan fingerprint density at radius 1 is 1.30 bits per heavy atom. The Balaban J connectivity index is 2.25. The molecule has 2 aromatic rings. The van der Waals surface area contributed by atoms with Gasteiger partial charge in [0.1, 0.15) is 0 Å². The summed E-state index contributed by atoms with van der Waals surface area (Å²) in [6.07, 6.45) is 1.73. The van der Waals surface area contributed by atoms with E-state index in [4.69, 9.17) is 0 Å². The molecule has 2 rings (SSSR count). The zero-order valence-corrected chi connectivity index (χ0v) is 11.4. The van der Waals surface area contributed by atoms with Gasteiger partial charge in [-0.15, -0.1) is 0 Å². The molecule has 0 radical (unpaired) electrons. The molecule has 0 fully saturated rings. The Labute approximate surface area is 115 Å². The Morgan fingerprint density at radius 2 is 2.00 bits per heavy atom. The van der Waals surface area contributed by atoms with E-state index < -0.39 is 20.5 Å². The third kappa shape index (κ3) is 2.96. The van der Waals surface area contributed by atoms with Gasteiger partial charge in [0, 0.05) is 13.2 Å². The van der Waals surface area contributed by atoms with Gasteiger partial charge in [-0.25, -0.2) is 8.42 Å². The Hall–Kier alpha value is -1.96. The van der Waals surface area contributed by atoms with Crippen LogP contribution in [0.15, 0.2) is 41.4 Å². The molecule has 0 saturated carbocycles. The predicted molar refractivity (Wildman–Crippen MR) is 70.2 cm³/mol. The number of hydrogen-bond acceptors (Lipinski definition) is 4. The van der Waals surface area contributed by atoms with Crippen LogP contribution in [0.1, 0.15) is 5.69 Å². The lowest BCUT2D eigenvalue weighted by Gasteiger charge is -2.11. The Kier molecular flexibility index (Phi) is 4.03. The van der Waals surface area contributed by atoms with Crippen LogP contribution in [0.3, 0.4) is 0 Å². The highest BCUT2D eigenvalue weighted by Crippen LogP contribution is 2.26. The Morgan fingerprint density at radius 3 is 2.60 bits per heavy atom. The van der Waals surface area contributed by atoms with Crippen LogP contribution in [0.25, 0.3) is 0 Å². The standard InChI is InChI=1S/C12H13F2N3O2S/c1-17-7-6-9(16-17)8-15-10-4-2-3-5-11(10)20(18,19)12(13)14/h2-7,12,15H,8H2,1H3. The molecule has 1 N–H and O–H groups in total. The number of benzene rings is 1. The van der Waals surface area contributed by atoms with Gasteiger partial charge in [-0.1, -0.05) is 12.1 Å². The molecule has 20 heavy (non-hydrogen) atoms. The summed E-state index contributed by atoms with van der Waals surface area (Å²) >= 11 is 0. The first-order valence-electron chi connectivity index (χ1n) is 5.75. The lowest BCUT2D eigenvalue weighted by Crippen LogP contribution is -2.14. The number of aryl methyl sites for hydroxylation is 1. The van der Waals surface area contributed by atoms with E-state index in [-0.39, 0.29) is 12.2 Å². The molecule has 108 valence electrons. The average molecular weight is 301 g/mol. The molecule has 5 nitrogen and oxygen atoms in total. The predicted octanol–water partition coefficient (Wildman–Crippen LogP) is 2.03. The van der Waals surface area contributed by atoms with Crippen LogP contribution in [0.2, 0.25) is 0 Å². The SMILES string of the molecule is Cn1ccc(CNc2ccccc2S(=O)(=O)C(F)F)n1. The van der Waals surface area contributed by atoms with Crippen molar-refractivity contribution >= 4 is 15.5 Å². The fourth-order valence-electron chi connectivity index (χ4n) is 1.70. The highest BCUT2D eigenvalue weighted by atomic mass is 32.2. The minimum Gasteiger partial charge on any atom is -0.378 e. The molecular weight excluding hydrogens is 288 g/mol. The molecule has 0 aliphatic carbocycles. The summed E-state index contributed by atoms with van der Waals surface area (Å²) in [7, 11) is -2.88. The van der Waals surface area contributed by atoms with Crippen LogP contribution in [0.4, 0.5) is 14.5 Å². The molecule has 0 amide bonds. The molecule has 1 heterocycles. The zero-order chi connectivity index (χ0) is 14.8. The Bertz CT molecular complexity index is 698. The lowest BCUT2D eigenvalue weighted by atomic mass is 10.3. The molecule has 1 aromatic carbocycles. The van der Waals surface area contributed by atoms with E-state index in [0.717, 1.165) is 6.07 Å². The topological polar surface area (TPSA) is 64.0 Å². The average Bonchev–Trinajstić information content (AvgIpc) is 2.82. The largest absolute Gasteiger partial charge is 0.378 e. The van der Waals surface area contributed by atoms with Crippen LogP contribution >= 0.6 is 0 Å². The van der Waals surface area contributed by atoms with Gasteiger partial charge < -0.3 is 5.32 Å². The van der Waals surface area contributed by atoms with Gasteiger partial charge in [-0.3, -0.25) is 4.68 Å². The van der Waals surface area contributed by atoms with Crippen LogP contribution in [-0.2, 0) is 23.4 Å². The summed E-state index contributed by atoms with van der Waals surface area (Å²) in [5.41, 5.74) is 0.815. The number of nitrogens with zero attached hydrogens (tertiary/aromatic N) is 2. The molecule has 0 saturated heterocycles. The summed E-state index contributed by atoms with van der Waals surface area (Å²) in [4.78, 5) is -0.411. The summed E-state index contributed by atoms with van der Waals surface area (Å²) in [6.45, 7) is 0.247. The fraction of sp³-hybridized carbons (Fsp3) is 0.250. The second-order valence-corrected chi connectivity index (χ2v) is 6.02. The van der Waals surface area contributed by atoms with Crippen LogP contribution in [0.5, 0.6) is 0 Å². The second-order valence-electron chi connectivity index (χ2n) is 4.14. The molecule has 0 aliphatic rings. The number of sulfone groups is 1. The van der Waals surface area contributed by atoms with E-state index in [1.165, 1.54) is 12.1 Å². The maximum absolute atomic E-state index is 12.6. The number of halogens is 2. The van der Waals surface area contributed by atoms with Gasteiger partial charge in [0.15, 0.2) is 0 Å². The van der Waals surface area contributed by atoms with Crippen LogP contribution in [0, 0.1) is 0 Å². The van der Waals surface area contributed by atoms with Gasteiger partial charge >= 0.3 is 5.76 Å². The van der Waals surface area contributed by atoms with Crippen molar-refractivity contribution in [1.29, 1.82) is 0 Å². The van der Waals surface area contributed by atoms with Crippen molar-refractivity contribution < 1.29 is 17.2 Å². The van der Waals surface area contributed by atoms with E-state index in [1.807, 2.05) is 0 Å². The van der Waals surface area contributed by atoms with E-state index >= 15 is 0 Å². The quantitative estimate of drug-likeness (QED) is 0.918. The molecule has 0 atom stereocenters. The van der Waals surface area contributed by atoms with E-state index in [1.54, 1.807) is 30.1 Å². The highest BCUT2D eigenvalue weighted by molar-refractivity contribution is 7.91. The smallest absolute Gasteiger partial charge is 0.341 e. The number of para-hydroxylation sites is 1. The van der Waals surface area contributed by atoms with Crippen LogP contribution in [-0.4, -0.2) is 24.0 Å². The number of anilines is 1. The van der Waals surface area contributed by atoms with Crippen molar-refractivity contribution in [2.45, 2.75) is 17.2 Å². The number of aromatic nitrogens is 2. The molecule has 0 spiro atoms. The molecule has 0 aliphatic heterocycles. The van der Waals surface area contributed by atoms with Crippen molar-refractivity contribution in [2.24, 2.45) is 7.05 Å². The van der Waals surface area contributed by atoms with Gasteiger partial charge in [0.25, 0.3) is 0 Å². The molecule has 8 heteroatoms. The van der Waals surface area contributed by atoms with Crippen molar-refractivity contribution in [2.75, 3.05) is 5.32 Å². The monoisotopic (exact) mass is 301 g/mol. The summed E-state index contributed by atoms with van der Waals surface area (Å²) < 4.78 is 49.9. The molecule has 0 unspecified atom stereocenters. The first-order valence-corrected chi connectivity index (χ1v) is 7.29. The minimum atomic E-state index is -4.63. The summed E-state index contributed by atoms with van der Waals surface area (Å²) in [5, 5.41) is 6.92. The van der Waals surface area contributed by atoms with Crippen molar-refractivity contribution in [1.82, 2.24) is 9.78 Å². The van der Waals surface area contributed by atoms with Crippen molar-refractivity contribution in [3.05, 3.63) is 42.2 Å². The highest BCUT2D eigenvalue weighted by Gasteiger charge is 2.28. The normalized spacial score (nSPS) is 11.8. The lowest BCUT2D eigenvalue weighted by molar-refractivity contribution is 0.235. The molecule has 0 bridgehead atoms. The van der Waals surface area contributed by atoms with Gasteiger partial charge in [0.2, 0.25) is 9.84 Å². The number of nitrogens with one attached hydrogen (secondary N) is 1. The van der Waals surface area contributed by atoms with E-state index in [0.29, 0.717) is 5.69 Å². The second kappa shape index (κ2) is 5.58. The first-order chi connectivity index (χ1) is 9.41. The fourth-order valence-corrected chi connectivity index (χ4v) is 2.61.